The molecule has 0 unspecified atom stereocenters. The molecule has 0 fully saturated rings. The van der Waals surface area contributed by atoms with E-state index in [1.807, 2.05) is 6.92 Å². The van der Waals surface area contributed by atoms with Crippen molar-refractivity contribution in [2.75, 3.05) is 6.54 Å². The summed E-state index contributed by atoms with van der Waals surface area (Å²) < 4.78 is 19.9. The predicted molar refractivity (Wildman–Crippen MR) is 123 cm³/mol. The Bertz CT molecular complexity index is 1370. The predicted octanol–water partition coefficient (Wildman–Crippen LogP) is 4.31. The van der Waals surface area contributed by atoms with Crippen LogP contribution in [0.2, 0.25) is 0 Å². The van der Waals surface area contributed by atoms with Crippen LogP contribution >= 0.6 is 0 Å². The fourth-order valence-corrected chi connectivity index (χ4v) is 3.25. The zero-order chi connectivity index (χ0) is 23.2. The van der Waals surface area contributed by atoms with Crippen LogP contribution in [0, 0.1) is 5.82 Å². The lowest BCUT2D eigenvalue weighted by Gasteiger charge is -2.18. The van der Waals surface area contributed by atoms with Gasteiger partial charge in [-0.3, -0.25) is 14.6 Å². The number of halogens is 1. The van der Waals surface area contributed by atoms with Gasteiger partial charge in [0.15, 0.2) is 11.6 Å². The number of rotatable bonds is 7. The monoisotopic (exact) mass is 444 g/mol. The van der Waals surface area contributed by atoms with Gasteiger partial charge in [0, 0.05) is 18.8 Å². The number of hydrogen-bond acceptors (Lipinski definition) is 5. The van der Waals surface area contributed by atoms with Crippen LogP contribution in [0.1, 0.15) is 18.3 Å². The molecule has 7 nitrogen and oxygen atoms in total. The Morgan fingerprint density at radius 2 is 2.03 bits per heavy atom. The second-order valence-electron chi connectivity index (χ2n) is 7.20. The molecule has 1 amide bonds. The SMILES string of the molecule is CCN(Cc1nc2ccccc2c(=O)[nH]1)C(=O)/C=C/c1ccc(Oc2cccnc2)c(F)c1. The van der Waals surface area contributed by atoms with E-state index in [0.717, 1.165) is 0 Å². The van der Waals surface area contributed by atoms with Gasteiger partial charge >= 0.3 is 0 Å². The van der Waals surface area contributed by atoms with Crippen molar-refractivity contribution in [3.8, 4) is 11.5 Å². The molecule has 166 valence electrons. The fourth-order valence-electron chi connectivity index (χ4n) is 3.25. The van der Waals surface area contributed by atoms with Gasteiger partial charge in [-0.05, 0) is 55.0 Å². The molecule has 0 aliphatic rings. The minimum Gasteiger partial charge on any atom is -0.453 e. The first kappa shape index (κ1) is 21.9. The standard InChI is InChI=1S/C25H21FN4O3/c1-2-30(16-23-28-21-8-4-3-7-19(21)25(32)29-23)24(31)12-10-17-9-11-22(20(26)14-17)33-18-6-5-13-27-15-18/h3-15H,2,16H2,1H3,(H,28,29,32)/b12-10+. The first-order valence-corrected chi connectivity index (χ1v) is 10.4. The maximum absolute atomic E-state index is 14.4. The zero-order valence-corrected chi connectivity index (χ0v) is 17.9. The quantitative estimate of drug-likeness (QED) is 0.429. The van der Waals surface area contributed by atoms with Crippen molar-refractivity contribution in [2.24, 2.45) is 0 Å². The van der Waals surface area contributed by atoms with Gasteiger partial charge in [0.2, 0.25) is 5.91 Å². The number of carbonyl (C=O) groups excluding carboxylic acids is 1. The van der Waals surface area contributed by atoms with Gasteiger partial charge in [0.25, 0.3) is 5.56 Å². The molecule has 4 rings (SSSR count). The normalized spacial score (nSPS) is 11.1. The molecule has 0 atom stereocenters. The second kappa shape index (κ2) is 9.86. The molecule has 2 heterocycles. The van der Waals surface area contributed by atoms with Crippen LogP contribution in [0.4, 0.5) is 4.39 Å². The van der Waals surface area contributed by atoms with Gasteiger partial charge in [0.1, 0.15) is 11.6 Å². The van der Waals surface area contributed by atoms with Crippen LogP contribution in [0.15, 0.2) is 77.9 Å². The molecule has 0 spiro atoms. The number of pyridine rings is 1. The third-order valence-electron chi connectivity index (χ3n) is 4.93. The molecule has 0 saturated carbocycles. The van der Waals surface area contributed by atoms with Gasteiger partial charge in [-0.2, -0.15) is 0 Å². The summed E-state index contributed by atoms with van der Waals surface area (Å²) in [6.07, 6.45) is 5.97. The highest BCUT2D eigenvalue weighted by Gasteiger charge is 2.12. The Balaban J connectivity index is 1.45. The highest BCUT2D eigenvalue weighted by Crippen LogP contribution is 2.25. The van der Waals surface area contributed by atoms with E-state index in [-0.39, 0.29) is 23.8 Å². The van der Waals surface area contributed by atoms with Crippen molar-refractivity contribution < 1.29 is 13.9 Å². The molecule has 2 aromatic heterocycles. The molecule has 8 heteroatoms. The number of benzene rings is 2. The Morgan fingerprint density at radius 1 is 1.18 bits per heavy atom. The van der Waals surface area contributed by atoms with E-state index in [1.165, 1.54) is 35.4 Å². The summed E-state index contributed by atoms with van der Waals surface area (Å²) in [7, 11) is 0. The number of amides is 1. The number of nitrogens with zero attached hydrogens (tertiary/aromatic N) is 3. The molecule has 2 aromatic carbocycles. The Hall–Kier alpha value is -4.33. The number of H-pyrrole nitrogens is 1. The number of likely N-dealkylation sites (N-methyl/N-ethyl adjacent to an activating group) is 1. The summed E-state index contributed by atoms with van der Waals surface area (Å²) in [6, 6.07) is 14.8. The summed E-state index contributed by atoms with van der Waals surface area (Å²) in [5, 5.41) is 0.494. The second-order valence-corrected chi connectivity index (χ2v) is 7.20. The molecule has 33 heavy (non-hydrogen) atoms. The Morgan fingerprint density at radius 3 is 2.79 bits per heavy atom. The lowest BCUT2D eigenvalue weighted by molar-refractivity contribution is -0.126. The lowest BCUT2D eigenvalue weighted by atomic mass is 10.2. The van der Waals surface area contributed by atoms with Gasteiger partial charge in [0.05, 0.1) is 23.6 Å². The van der Waals surface area contributed by atoms with Gasteiger partial charge < -0.3 is 14.6 Å². The molecule has 1 N–H and O–H groups in total. The van der Waals surface area contributed by atoms with Gasteiger partial charge in [-0.15, -0.1) is 0 Å². The number of nitrogens with one attached hydrogen (secondary N) is 1. The minimum atomic E-state index is -0.557. The topological polar surface area (TPSA) is 88.2 Å². The average molecular weight is 444 g/mol. The summed E-state index contributed by atoms with van der Waals surface area (Å²) >= 11 is 0. The van der Waals surface area contributed by atoms with Crippen LogP contribution in [-0.2, 0) is 11.3 Å². The number of para-hydroxylation sites is 1. The highest BCUT2D eigenvalue weighted by molar-refractivity contribution is 5.91. The third-order valence-corrected chi connectivity index (χ3v) is 4.93. The first-order valence-electron chi connectivity index (χ1n) is 10.4. The number of fused-ring (bicyclic) bond motifs is 1. The number of carbonyl (C=O) groups is 1. The Labute approximate surface area is 189 Å². The van der Waals surface area contributed by atoms with Crippen LogP contribution in [0.3, 0.4) is 0 Å². The average Bonchev–Trinajstić information content (AvgIpc) is 2.83. The number of aromatic amines is 1. The molecule has 4 aromatic rings. The largest absolute Gasteiger partial charge is 0.453 e. The number of ether oxygens (including phenoxy) is 1. The van der Waals surface area contributed by atoms with E-state index in [4.69, 9.17) is 4.74 Å². The minimum absolute atomic E-state index is 0.0630. The summed E-state index contributed by atoms with van der Waals surface area (Å²) in [5.74, 6) is 0.0372. The van der Waals surface area contributed by atoms with Crippen LogP contribution in [0.25, 0.3) is 17.0 Å². The molecule has 0 aliphatic carbocycles. The third kappa shape index (κ3) is 5.30. The van der Waals surface area contributed by atoms with Gasteiger partial charge in [-0.1, -0.05) is 18.2 Å². The molecule has 0 aliphatic heterocycles. The molecular formula is C25H21FN4O3. The number of hydrogen-bond donors (Lipinski definition) is 1. The van der Waals surface area contributed by atoms with Crippen molar-refractivity contribution in [2.45, 2.75) is 13.5 Å². The first-order chi connectivity index (χ1) is 16.0. The van der Waals surface area contributed by atoms with Crippen molar-refractivity contribution >= 4 is 22.9 Å². The molecule has 0 radical (unpaired) electrons. The van der Waals surface area contributed by atoms with E-state index in [9.17, 15) is 14.0 Å². The van der Waals surface area contributed by atoms with Crippen molar-refractivity contribution in [1.29, 1.82) is 0 Å². The van der Waals surface area contributed by atoms with E-state index >= 15 is 0 Å². The van der Waals surface area contributed by atoms with Crippen molar-refractivity contribution in [3.05, 3.63) is 101 Å². The molecular weight excluding hydrogens is 423 g/mol. The summed E-state index contributed by atoms with van der Waals surface area (Å²) in [5.41, 5.74) is 0.825. The van der Waals surface area contributed by atoms with E-state index in [1.54, 1.807) is 48.7 Å². The summed E-state index contributed by atoms with van der Waals surface area (Å²) in [6.45, 7) is 2.38. The van der Waals surface area contributed by atoms with E-state index in [2.05, 4.69) is 15.0 Å². The smallest absolute Gasteiger partial charge is 0.258 e. The fraction of sp³-hybridized carbons (Fsp3) is 0.120. The van der Waals surface area contributed by atoms with Crippen molar-refractivity contribution in [3.63, 3.8) is 0 Å². The molecule has 0 saturated heterocycles. The number of aromatic nitrogens is 3. The van der Waals surface area contributed by atoms with E-state index in [0.29, 0.717) is 34.6 Å². The van der Waals surface area contributed by atoms with Crippen LogP contribution in [-0.4, -0.2) is 32.3 Å². The zero-order valence-electron chi connectivity index (χ0n) is 17.9. The van der Waals surface area contributed by atoms with Gasteiger partial charge in [-0.25, -0.2) is 9.37 Å². The molecule has 0 bridgehead atoms. The van der Waals surface area contributed by atoms with Crippen molar-refractivity contribution in [1.82, 2.24) is 19.9 Å². The maximum atomic E-state index is 14.4. The highest BCUT2D eigenvalue weighted by atomic mass is 19.1. The summed E-state index contributed by atoms with van der Waals surface area (Å²) in [4.78, 5) is 37.6. The lowest BCUT2D eigenvalue weighted by Crippen LogP contribution is -2.30. The van der Waals surface area contributed by atoms with Crippen LogP contribution < -0.4 is 10.3 Å². The maximum Gasteiger partial charge on any atom is 0.258 e. The van der Waals surface area contributed by atoms with Crippen LogP contribution in [0.5, 0.6) is 11.5 Å². The van der Waals surface area contributed by atoms with E-state index < -0.39 is 5.82 Å². The Kier molecular flexibility index (Phi) is 6.54.